The summed E-state index contributed by atoms with van der Waals surface area (Å²) in [6, 6.07) is 0.816. The Labute approximate surface area is 114 Å². The molecule has 0 radical (unpaired) electrons. The SMILES string of the molecule is CCCN(CC1CCCC(C)C1)C1CCCNC1. The van der Waals surface area contributed by atoms with Crippen molar-refractivity contribution in [3.05, 3.63) is 0 Å². The van der Waals surface area contributed by atoms with Gasteiger partial charge in [-0.2, -0.15) is 0 Å². The van der Waals surface area contributed by atoms with E-state index in [0.29, 0.717) is 0 Å². The van der Waals surface area contributed by atoms with E-state index in [1.165, 1.54) is 71.1 Å². The van der Waals surface area contributed by atoms with Crippen LogP contribution in [0, 0.1) is 11.8 Å². The predicted octanol–water partition coefficient (Wildman–Crippen LogP) is 3.28. The number of nitrogens with zero attached hydrogens (tertiary/aromatic N) is 1. The van der Waals surface area contributed by atoms with Crippen LogP contribution >= 0.6 is 0 Å². The van der Waals surface area contributed by atoms with Crippen molar-refractivity contribution in [1.82, 2.24) is 10.2 Å². The van der Waals surface area contributed by atoms with Crippen molar-refractivity contribution in [2.45, 2.75) is 64.8 Å². The Balaban J connectivity index is 1.84. The molecule has 2 heteroatoms. The van der Waals surface area contributed by atoms with Crippen LogP contribution in [-0.4, -0.2) is 37.1 Å². The molecule has 1 saturated heterocycles. The van der Waals surface area contributed by atoms with Crippen molar-refractivity contribution < 1.29 is 0 Å². The molecule has 106 valence electrons. The molecule has 2 nitrogen and oxygen atoms in total. The summed E-state index contributed by atoms with van der Waals surface area (Å²) in [5.41, 5.74) is 0. The second-order valence-corrected chi connectivity index (χ2v) is 6.63. The van der Waals surface area contributed by atoms with Gasteiger partial charge in [-0.3, -0.25) is 4.90 Å². The molecule has 2 aliphatic rings. The Kier molecular flexibility index (Phi) is 5.97. The minimum atomic E-state index is 0.816. The highest BCUT2D eigenvalue weighted by molar-refractivity contribution is 4.81. The van der Waals surface area contributed by atoms with E-state index in [-0.39, 0.29) is 0 Å². The highest BCUT2D eigenvalue weighted by atomic mass is 15.2. The maximum Gasteiger partial charge on any atom is 0.0221 e. The van der Waals surface area contributed by atoms with Crippen LogP contribution in [0.15, 0.2) is 0 Å². The van der Waals surface area contributed by atoms with E-state index in [1.807, 2.05) is 0 Å². The van der Waals surface area contributed by atoms with Crippen molar-refractivity contribution >= 4 is 0 Å². The highest BCUT2D eigenvalue weighted by Crippen LogP contribution is 2.30. The van der Waals surface area contributed by atoms with Gasteiger partial charge < -0.3 is 5.32 Å². The number of piperidine rings is 1. The van der Waals surface area contributed by atoms with Crippen molar-refractivity contribution in [2.24, 2.45) is 11.8 Å². The van der Waals surface area contributed by atoms with E-state index < -0.39 is 0 Å². The number of nitrogens with one attached hydrogen (secondary N) is 1. The van der Waals surface area contributed by atoms with Gasteiger partial charge >= 0.3 is 0 Å². The van der Waals surface area contributed by atoms with Gasteiger partial charge in [0.1, 0.15) is 0 Å². The minimum absolute atomic E-state index is 0.816. The average Bonchev–Trinajstić information content (AvgIpc) is 2.39. The van der Waals surface area contributed by atoms with Gasteiger partial charge in [0, 0.05) is 19.1 Å². The summed E-state index contributed by atoms with van der Waals surface area (Å²) in [5, 5.41) is 3.58. The van der Waals surface area contributed by atoms with E-state index in [0.717, 1.165) is 17.9 Å². The fourth-order valence-electron chi connectivity index (χ4n) is 3.91. The highest BCUT2D eigenvalue weighted by Gasteiger charge is 2.25. The molecule has 1 saturated carbocycles. The summed E-state index contributed by atoms with van der Waals surface area (Å²) in [6.45, 7) is 9.90. The molecule has 0 spiro atoms. The van der Waals surface area contributed by atoms with Crippen LogP contribution in [0.2, 0.25) is 0 Å². The zero-order valence-electron chi connectivity index (χ0n) is 12.5. The zero-order chi connectivity index (χ0) is 12.8. The van der Waals surface area contributed by atoms with Gasteiger partial charge in [-0.1, -0.05) is 26.7 Å². The molecular formula is C16H32N2. The molecule has 0 aromatic heterocycles. The smallest absolute Gasteiger partial charge is 0.0221 e. The van der Waals surface area contributed by atoms with Crippen LogP contribution in [0.3, 0.4) is 0 Å². The zero-order valence-corrected chi connectivity index (χ0v) is 12.5. The Bertz CT molecular complexity index is 223. The molecule has 2 fully saturated rings. The molecule has 0 amide bonds. The van der Waals surface area contributed by atoms with Crippen LogP contribution in [0.5, 0.6) is 0 Å². The molecule has 1 heterocycles. The minimum Gasteiger partial charge on any atom is -0.315 e. The number of rotatable bonds is 5. The summed E-state index contributed by atoms with van der Waals surface area (Å²) < 4.78 is 0. The van der Waals surface area contributed by atoms with Gasteiger partial charge in [-0.15, -0.1) is 0 Å². The summed E-state index contributed by atoms with van der Waals surface area (Å²) in [7, 11) is 0. The fraction of sp³-hybridized carbons (Fsp3) is 1.00. The monoisotopic (exact) mass is 252 g/mol. The number of hydrogen-bond acceptors (Lipinski definition) is 2. The van der Waals surface area contributed by atoms with E-state index in [1.54, 1.807) is 0 Å². The van der Waals surface area contributed by atoms with Crippen molar-refractivity contribution in [2.75, 3.05) is 26.2 Å². The first kappa shape index (κ1) is 14.3. The Morgan fingerprint density at radius 1 is 1.17 bits per heavy atom. The van der Waals surface area contributed by atoms with E-state index in [9.17, 15) is 0 Å². The first-order valence-corrected chi connectivity index (χ1v) is 8.24. The molecule has 3 unspecified atom stereocenters. The van der Waals surface area contributed by atoms with Crippen molar-refractivity contribution in [3.63, 3.8) is 0 Å². The Hall–Kier alpha value is -0.0800. The van der Waals surface area contributed by atoms with Gasteiger partial charge in [0.25, 0.3) is 0 Å². The lowest BCUT2D eigenvalue weighted by Crippen LogP contribution is -2.48. The topological polar surface area (TPSA) is 15.3 Å². The normalized spacial score (nSPS) is 33.8. The largest absolute Gasteiger partial charge is 0.315 e. The van der Waals surface area contributed by atoms with Gasteiger partial charge in [0.05, 0.1) is 0 Å². The van der Waals surface area contributed by atoms with Crippen LogP contribution in [0.1, 0.15) is 58.8 Å². The van der Waals surface area contributed by atoms with Crippen molar-refractivity contribution in [3.8, 4) is 0 Å². The van der Waals surface area contributed by atoms with E-state index in [4.69, 9.17) is 0 Å². The van der Waals surface area contributed by atoms with Crippen molar-refractivity contribution in [1.29, 1.82) is 0 Å². The summed E-state index contributed by atoms with van der Waals surface area (Å²) in [5.74, 6) is 1.94. The molecule has 18 heavy (non-hydrogen) atoms. The number of hydrogen-bond donors (Lipinski definition) is 1. The predicted molar refractivity (Wildman–Crippen MR) is 78.9 cm³/mol. The first-order valence-electron chi connectivity index (χ1n) is 8.24. The lowest BCUT2D eigenvalue weighted by molar-refractivity contribution is 0.119. The second-order valence-electron chi connectivity index (χ2n) is 6.63. The maximum absolute atomic E-state index is 3.58. The third kappa shape index (κ3) is 4.24. The molecule has 2 rings (SSSR count). The summed E-state index contributed by atoms with van der Waals surface area (Å²) in [4.78, 5) is 2.80. The van der Waals surface area contributed by atoms with Crippen LogP contribution < -0.4 is 5.32 Å². The van der Waals surface area contributed by atoms with Crippen LogP contribution in [0.25, 0.3) is 0 Å². The van der Waals surface area contributed by atoms with Crippen LogP contribution in [0.4, 0.5) is 0 Å². The standard InChI is InChI=1S/C16H32N2/c1-3-10-18(16-8-5-9-17-12-16)13-15-7-4-6-14(2)11-15/h14-17H,3-13H2,1-2H3. The van der Waals surface area contributed by atoms with Gasteiger partial charge in [-0.05, 0) is 57.0 Å². The molecule has 1 aliphatic heterocycles. The molecule has 0 bridgehead atoms. The molecular weight excluding hydrogens is 220 g/mol. The molecule has 0 aromatic rings. The molecule has 3 atom stereocenters. The third-order valence-electron chi connectivity index (χ3n) is 4.84. The maximum atomic E-state index is 3.58. The molecule has 0 aromatic carbocycles. The Morgan fingerprint density at radius 2 is 2.06 bits per heavy atom. The summed E-state index contributed by atoms with van der Waals surface area (Å²) in [6.07, 6.45) is 9.97. The van der Waals surface area contributed by atoms with E-state index in [2.05, 4.69) is 24.1 Å². The quantitative estimate of drug-likeness (QED) is 0.808. The first-order chi connectivity index (χ1) is 8.79. The van der Waals surface area contributed by atoms with Gasteiger partial charge in [0.15, 0.2) is 0 Å². The third-order valence-corrected chi connectivity index (χ3v) is 4.84. The lowest BCUT2D eigenvalue weighted by Gasteiger charge is -2.38. The van der Waals surface area contributed by atoms with Gasteiger partial charge in [0.2, 0.25) is 0 Å². The Morgan fingerprint density at radius 3 is 2.72 bits per heavy atom. The lowest BCUT2D eigenvalue weighted by atomic mass is 9.82. The van der Waals surface area contributed by atoms with Crippen LogP contribution in [-0.2, 0) is 0 Å². The van der Waals surface area contributed by atoms with E-state index >= 15 is 0 Å². The average molecular weight is 252 g/mol. The summed E-state index contributed by atoms with van der Waals surface area (Å²) >= 11 is 0. The fourth-order valence-corrected chi connectivity index (χ4v) is 3.91. The second kappa shape index (κ2) is 7.49. The molecule has 1 aliphatic carbocycles. The molecule has 1 N–H and O–H groups in total. The van der Waals surface area contributed by atoms with Gasteiger partial charge in [-0.25, -0.2) is 0 Å².